The van der Waals surface area contributed by atoms with E-state index in [1.807, 2.05) is 12.1 Å². The zero-order valence-corrected chi connectivity index (χ0v) is 22.9. The highest BCUT2D eigenvalue weighted by molar-refractivity contribution is 8.21. The van der Waals surface area contributed by atoms with Gasteiger partial charge in [-0.2, -0.15) is 0 Å². The Balaban J connectivity index is 1.52. The van der Waals surface area contributed by atoms with Gasteiger partial charge in [-0.1, -0.05) is 12.1 Å². The zero-order chi connectivity index (χ0) is 23.1. The Morgan fingerprint density at radius 3 is 2.48 bits per heavy atom. The lowest BCUT2D eigenvalue weighted by atomic mass is 9.80. The van der Waals surface area contributed by atoms with Gasteiger partial charge in [-0.15, -0.1) is 35.1 Å². The number of thioether (sulfide) groups is 2. The Hall–Kier alpha value is -1.21. The number of alkyl halides is 1. The third-order valence-electron chi connectivity index (χ3n) is 6.21. The molecule has 7 heteroatoms. The minimum Gasteiger partial charge on any atom is -0.544 e. The van der Waals surface area contributed by atoms with E-state index in [1.165, 1.54) is 40.2 Å². The normalized spacial score (nSPS) is 21.4. The lowest BCUT2D eigenvalue weighted by Crippen LogP contribution is -2.30. The van der Waals surface area contributed by atoms with Crippen molar-refractivity contribution >= 4 is 49.0 Å². The van der Waals surface area contributed by atoms with Crippen LogP contribution >= 0.6 is 35.1 Å². The molecule has 2 aliphatic heterocycles. The molecule has 3 aliphatic rings. The number of fused-ring (bicyclic) bond motifs is 2. The maximum absolute atomic E-state index is 6.76. The molecule has 2 heterocycles. The van der Waals surface area contributed by atoms with Crippen LogP contribution in [0, 0.1) is 0 Å². The molecule has 0 saturated carbocycles. The first-order chi connectivity index (χ1) is 15.9. The molecule has 0 amide bonds. The summed E-state index contributed by atoms with van der Waals surface area (Å²) in [7, 11) is -1.69. The van der Waals surface area contributed by atoms with Gasteiger partial charge >= 0.3 is 0 Å². The lowest BCUT2D eigenvalue weighted by molar-refractivity contribution is 0.228. The Morgan fingerprint density at radius 2 is 1.79 bits per heavy atom. The summed E-state index contributed by atoms with van der Waals surface area (Å²) in [6.07, 6.45) is 3.34. The standard InChI is InChI=1S/C26H31ClO3S2Si/c1-33(2,3)30-20-8-9-22-21-10-11-26(31-14-15-32-26)17-23(21)25(29-24(22)16-20)18-4-6-19(7-5-18)28-13-12-27/h4-9,16,25H,10-15,17H2,1-3H3. The van der Waals surface area contributed by atoms with Crippen molar-refractivity contribution in [2.75, 3.05) is 24.0 Å². The maximum Gasteiger partial charge on any atom is 0.242 e. The molecule has 1 unspecified atom stereocenters. The van der Waals surface area contributed by atoms with Crippen LogP contribution < -0.4 is 13.9 Å². The molecular weight excluding hydrogens is 488 g/mol. The molecule has 176 valence electrons. The van der Waals surface area contributed by atoms with Crippen LogP contribution in [0.15, 0.2) is 48.0 Å². The molecule has 2 aromatic rings. The average Bonchev–Trinajstić information content (AvgIpc) is 3.24. The molecule has 3 nitrogen and oxygen atoms in total. The Morgan fingerprint density at radius 1 is 1.06 bits per heavy atom. The summed E-state index contributed by atoms with van der Waals surface area (Å²) < 4.78 is 19.0. The van der Waals surface area contributed by atoms with Crippen LogP contribution in [0.25, 0.3) is 5.57 Å². The van der Waals surface area contributed by atoms with E-state index in [-0.39, 0.29) is 6.10 Å². The fourth-order valence-corrected chi connectivity index (χ4v) is 9.06. The van der Waals surface area contributed by atoms with Crippen molar-refractivity contribution in [3.05, 3.63) is 59.2 Å². The van der Waals surface area contributed by atoms with E-state index < -0.39 is 8.32 Å². The van der Waals surface area contributed by atoms with Crippen molar-refractivity contribution in [2.24, 2.45) is 0 Å². The summed E-state index contributed by atoms with van der Waals surface area (Å²) in [5, 5.41) is 0. The zero-order valence-electron chi connectivity index (χ0n) is 19.5. The van der Waals surface area contributed by atoms with E-state index in [9.17, 15) is 0 Å². The Kier molecular flexibility index (Phi) is 6.73. The van der Waals surface area contributed by atoms with Crippen LogP contribution in [-0.2, 0) is 0 Å². The van der Waals surface area contributed by atoms with Crippen molar-refractivity contribution in [1.82, 2.24) is 0 Å². The number of benzene rings is 2. The summed E-state index contributed by atoms with van der Waals surface area (Å²) in [6, 6.07) is 14.8. The van der Waals surface area contributed by atoms with Crippen LogP contribution in [0.4, 0.5) is 0 Å². The molecule has 1 aliphatic carbocycles. The molecule has 2 aromatic carbocycles. The van der Waals surface area contributed by atoms with Crippen molar-refractivity contribution in [3.8, 4) is 17.2 Å². The predicted molar refractivity (Wildman–Crippen MR) is 145 cm³/mol. The fraction of sp³-hybridized carbons (Fsp3) is 0.462. The highest BCUT2D eigenvalue weighted by atomic mass is 35.5. The van der Waals surface area contributed by atoms with Gasteiger partial charge in [0.15, 0.2) is 0 Å². The SMILES string of the molecule is C[Si](C)(C)Oc1ccc2c(c1)OC(c1ccc(OCCCl)cc1)C1=C2CCC2(C1)SCCS2. The van der Waals surface area contributed by atoms with Gasteiger partial charge in [0.25, 0.3) is 0 Å². The Bertz CT molecular complexity index is 1040. The van der Waals surface area contributed by atoms with Crippen molar-refractivity contribution in [1.29, 1.82) is 0 Å². The molecule has 1 fully saturated rings. The van der Waals surface area contributed by atoms with E-state index in [0.29, 0.717) is 16.6 Å². The summed E-state index contributed by atoms with van der Waals surface area (Å²) in [5.41, 5.74) is 5.34. The molecule has 0 N–H and O–H groups in total. The summed E-state index contributed by atoms with van der Waals surface area (Å²) in [6.45, 7) is 7.15. The van der Waals surface area contributed by atoms with E-state index in [1.54, 1.807) is 0 Å². The second kappa shape index (κ2) is 9.44. The van der Waals surface area contributed by atoms with E-state index in [4.69, 9.17) is 25.5 Å². The number of rotatable bonds is 6. The third kappa shape index (κ3) is 5.09. The monoisotopic (exact) mass is 518 g/mol. The van der Waals surface area contributed by atoms with Gasteiger partial charge in [0.1, 0.15) is 30.0 Å². The van der Waals surface area contributed by atoms with E-state index in [2.05, 4.69) is 73.5 Å². The first kappa shape index (κ1) is 23.5. The highest BCUT2D eigenvalue weighted by Crippen LogP contribution is 2.59. The van der Waals surface area contributed by atoms with Crippen LogP contribution in [0.3, 0.4) is 0 Å². The predicted octanol–water partition coefficient (Wildman–Crippen LogP) is 7.77. The number of hydrogen-bond acceptors (Lipinski definition) is 5. The molecule has 5 rings (SSSR count). The second-order valence-electron chi connectivity index (χ2n) is 9.76. The molecule has 1 atom stereocenters. The van der Waals surface area contributed by atoms with Crippen LogP contribution in [0.1, 0.15) is 36.5 Å². The largest absolute Gasteiger partial charge is 0.544 e. The van der Waals surface area contributed by atoms with E-state index in [0.717, 1.165) is 30.1 Å². The van der Waals surface area contributed by atoms with Crippen molar-refractivity contribution < 1.29 is 13.9 Å². The third-order valence-corrected chi connectivity index (χ3v) is 10.7. The topological polar surface area (TPSA) is 27.7 Å². The van der Waals surface area contributed by atoms with Gasteiger partial charge in [0.05, 0.1) is 9.96 Å². The number of halogens is 1. The first-order valence-electron chi connectivity index (χ1n) is 11.6. The molecule has 33 heavy (non-hydrogen) atoms. The number of ether oxygens (including phenoxy) is 2. The maximum atomic E-state index is 6.76. The molecule has 1 saturated heterocycles. The van der Waals surface area contributed by atoms with Gasteiger partial charge in [-0.05, 0) is 79.9 Å². The van der Waals surface area contributed by atoms with Crippen LogP contribution in [-0.4, -0.2) is 36.4 Å². The van der Waals surface area contributed by atoms with Crippen molar-refractivity contribution in [2.45, 2.75) is 49.1 Å². The van der Waals surface area contributed by atoms with Crippen molar-refractivity contribution in [3.63, 3.8) is 0 Å². The fourth-order valence-electron chi connectivity index (χ4n) is 4.89. The molecule has 0 radical (unpaired) electrons. The average molecular weight is 519 g/mol. The molecule has 0 bridgehead atoms. The lowest BCUT2D eigenvalue weighted by Gasteiger charge is -2.41. The molecular formula is C26H31ClO3S2Si. The smallest absolute Gasteiger partial charge is 0.242 e. The van der Waals surface area contributed by atoms with Gasteiger partial charge < -0.3 is 13.9 Å². The van der Waals surface area contributed by atoms with Gasteiger partial charge in [-0.25, -0.2) is 0 Å². The minimum absolute atomic E-state index is 0.0734. The minimum atomic E-state index is -1.69. The number of allylic oxidation sites excluding steroid dienone is 1. The van der Waals surface area contributed by atoms with Gasteiger partial charge in [0.2, 0.25) is 8.32 Å². The number of hydrogen-bond donors (Lipinski definition) is 0. The summed E-state index contributed by atoms with van der Waals surface area (Å²) in [4.78, 5) is 0. The van der Waals surface area contributed by atoms with E-state index >= 15 is 0 Å². The van der Waals surface area contributed by atoms with Crippen LogP contribution in [0.2, 0.25) is 19.6 Å². The van der Waals surface area contributed by atoms with Gasteiger partial charge in [0, 0.05) is 23.1 Å². The quantitative estimate of drug-likeness (QED) is 0.287. The summed E-state index contributed by atoms with van der Waals surface area (Å²) >= 11 is 10.1. The summed E-state index contributed by atoms with van der Waals surface area (Å²) in [5.74, 6) is 5.69. The second-order valence-corrected chi connectivity index (χ2v) is 17.8. The molecule has 1 spiro atoms. The van der Waals surface area contributed by atoms with Gasteiger partial charge in [-0.3, -0.25) is 0 Å². The Labute approximate surface area is 211 Å². The van der Waals surface area contributed by atoms with Crippen LogP contribution in [0.5, 0.6) is 17.2 Å². The first-order valence-corrected chi connectivity index (χ1v) is 17.6. The molecule has 0 aromatic heterocycles. The highest BCUT2D eigenvalue weighted by Gasteiger charge is 2.44.